The van der Waals surface area contributed by atoms with Crippen LogP contribution in [0, 0.1) is 13.8 Å². The molecule has 0 bridgehead atoms. The molecule has 0 aromatic heterocycles. The highest BCUT2D eigenvalue weighted by Crippen LogP contribution is 2.33. The molecule has 1 fully saturated rings. The second-order valence-electron chi connectivity index (χ2n) is 8.23. The van der Waals surface area contributed by atoms with Crippen LogP contribution in [0.15, 0.2) is 41.3 Å². The Balaban J connectivity index is 1.47. The van der Waals surface area contributed by atoms with E-state index in [2.05, 4.69) is 5.32 Å². The van der Waals surface area contributed by atoms with Gasteiger partial charge < -0.3 is 15.0 Å². The molecule has 2 aliphatic heterocycles. The van der Waals surface area contributed by atoms with Gasteiger partial charge in [-0.25, -0.2) is 8.42 Å². The van der Waals surface area contributed by atoms with Gasteiger partial charge in [0.1, 0.15) is 5.75 Å². The molecule has 170 valence electrons. The van der Waals surface area contributed by atoms with Gasteiger partial charge in [-0.3, -0.25) is 9.59 Å². The zero-order chi connectivity index (χ0) is 23.0. The highest BCUT2D eigenvalue weighted by molar-refractivity contribution is 7.89. The molecule has 0 aliphatic carbocycles. The number of carbonyl (C=O) groups excluding carboxylic acids is 2. The summed E-state index contributed by atoms with van der Waals surface area (Å²) in [6.45, 7) is 6.78. The molecule has 2 heterocycles. The van der Waals surface area contributed by atoms with Crippen molar-refractivity contribution in [2.75, 3.05) is 31.5 Å². The van der Waals surface area contributed by atoms with Crippen LogP contribution in [-0.4, -0.2) is 61.7 Å². The second-order valence-corrected chi connectivity index (χ2v) is 10.2. The SMILES string of the molecule is CC[C@H]1Oc2ccc(S(=O)(=O)N3CCN(C(=O)c4cc(C)cc(C)c4)CC3)cc2NC1=O. The fourth-order valence-corrected chi connectivity index (χ4v) is 5.57. The fraction of sp³-hybridized carbons (Fsp3) is 0.391. The van der Waals surface area contributed by atoms with E-state index in [4.69, 9.17) is 4.74 Å². The van der Waals surface area contributed by atoms with Gasteiger partial charge in [0.25, 0.3) is 11.8 Å². The Morgan fingerprint density at radius 2 is 1.72 bits per heavy atom. The normalized spacial score (nSPS) is 19.2. The number of benzene rings is 2. The zero-order valence-corrected chi connectivity index (χ0v) is 19.2. The van der Waals surface area contributed by atoms with E-state index in [1.165, 1.54) is 16.4 Å². The number of piperazine rings is 1. The highest BCUT2D eigenvalue weighted by Gasteiger charge is 2.32. The van der Waals surface area contributed by atoms with E-state index in [0.29, 0.717) is 36.5 Å². The molecule has 2 aromatic rings. The molecule has 4 rings (SSSR count). The summed E-state index contributed by atoms with van der Waals surface area (Å²) >= 11 is 0. The first kappa shape index (κ1) is 22.3. The van der Waals surface area contributed by atoms with Crippen molar-refractivity contribution < 1.29 is 22.7 Å². The Bertz CT molecular complexity index is 1150. The molecule has 2 amide bonds. The van der Waals surface area contributed by atoms with Gasteiger partial charge >= 0.3 is 0 Å². The minimum Gasteiger partial charge on any atom is -0.478 e. The maximum atomic E-state index is 13.2. The van der Waals surface area contributed by atoms with E-state index in [0.717, 1.165) is 11.1 Å². The van der Waals surface area contributed by atoms with Crippen LogP contribution < -0.4 is 10.1 Å². The molecule has 8 nitrogen and oxygen atoms in total. The number of fused-ring (bicyclic) bond motifs is 1. The van der Waals surface area contributed by atoms with Crippen LogP contribution in [0.4, 0.5) is 5.69 Å². The maximum Gasteiger partial charge on any atom is 0.265 e. The number of amides is 2. The Hall–Kier alpha value is -2.91. The van der Waals surface area contributed by atoms with Crippen molar-refractivity contribution in [3.05, 3.63) is 53.1 Å². The summed E-state index contributed by atoms with van der Waals surface area (Å²) in [5, 5.41) is 2.73. The number of nitrogens with zero attached hydrogens (tertiary/aromatic N) is 2. The Morgan fingerprint density at radius 1 is 1.06 bits per heavy atom. The summed E-state index contributed by atoms with van der Waals surface area (Å²) in [6, 6.07) is 10.2. The molecule has 1 saturated heterocycles. The van der Waals surface area contributed by atoms with Crippen molar-refractivity contribution in [1.82, 2.24) is 9.21 Å². The standard InChI is InChI=1S/C23H27N3O5S/c1-4-20-22(27)24-19-14-18(5-6-21(19)31-20)32(29,30)26-9-7-25(8-10-26)23(28)17-12-15(2)11-16(3)13-17/h5-6,11-14,20H,4,7-10H2,1-3H3,(H,24,27)/t20-/m1/s1. The van der Waals surface area contributed by atoms with Crippen molar-refractivity contribution in [2.45, 2.75) is 38.2 Å². The summed E-state index contributed by atoms with van der Waals surface area (Å²) in [4.78, 5) is 26.7. The van der Waals surface area contributed by atoms with Crippen molar-refractivity contribution in [3.63, 3.8) is 0 Å². The molecule has 2 aliphatic rings. The van der Waals surface area contributed by atoms with E-state index < -0.39 is 16.1 Å². The first-order chi connectivity index (χ1) is 15.2. The van der Waals surface area contributed by atoms with Crippen LogP contribution >= 0.6 is 0 Å². The second kappa shape index (κ2) is 8.55. The number of sulfonamides is 1. The van der Waals surface area contributed by atoms with Crippen LogP contribution in [0.5, 0.6) is 5.75 Å². The van der Waals surface area contributed by atoms with Crippen LogP contribution in [0.25, 0.3) is 0 Å². The highest BCUT2D eigenvalue weighted by atomic mass is 32.2. The molecular formula is C23H27N3O5S. The molecule has 9 heteroatoms. The summed E-state index contributed by atoms with van der Waals surface area (Å²) in [5.74, 6) is 0.0836. The average molecular weight is 458 g/mol. The lowest BCUT2D eigenvalue weighted by Crippen LogP contribution is -2.50. The Kier molecular flexibility index (Phi) is 5.96. The van der Waals surface area contributed by atoms with Gasteiger partial charge in [-0.05, 0) is 50.6 Å². The number of hydrogen-bond acceptors (Lipinski definition) is 5. The van der Waals surface area contributed by atoms with E-state index in [1.807, 2.05) is 39.0 Å². The number of carbonyl (C=O) groups is 2. The lowest BCUT2D eigenvalue weighted by atomic mass is 10.1. The monoisotopic (exact) mass is 457 g/mol. The summed E-state index contributed by atoms with van der Waals surface area (Å²) in [7, 11) is -3.77. The fourth-order valence-electron chi connectivity index (χ4n) is 4.12. The van der Waals surface area contributed by atoms with Gasteiger partial charge in [0.15, 0.2) is 6.10 Å². The Labute approximate surface area is 188 Å². The van der Waals surface area contributed by atoms with Crippen LogP contribution in [-0.2, 0) is 14.8 Å². The number of anilines is 1. The van der Waals surface area contributed by atoms with E-state index in [-0.39, 0.29) is 29.8 Å². The van der Waals surface area contributed by atoms with Gasteiger partial charge in [-0.1, -0.05) is 24.1 Å². The number of rotatable bonds is 4. The third-order valence-electron chi connectivity index (χ3n) is 5.77. The topological polar surface area (TPSA) is 96.0 Å². The quantitative estimate of drug-likeness (QED) is 0.761. The molecule has 0 saturated carbocycles. The number of hydrogen-bond donors (Lipinski definition) is 1. The molecule has 32 heavy (non-hydrogen) atoms. The van der Waals surface area contributed by atoms with Crippen LogP contribution in [0.3, 0.4) is 0 Å². The van der Waals surface area contributed by atoms with E-state index >= 15 is 0 Å². The first-order valence-electron chi connectivity index (χ1n) is 10.7. The predicted molar refractivity (Wildman–Crippen MR) is 120 cm³/mol. The minimum absolute atomic E-state index is 0.0872. The third kappa shape index (κ3) is 4.22. The number of aryl methyl sites for hydroxylation is 2. The van der Waals surface area contributed by atoms with Crippen molar-refractivity contribution in [3.8, 4) is 5.75 Å². The van der Waals surface area contributed by atoms with Crippen LogP contribution in [0.1, 0.15) is 34.8 Å². The first-order valence-corrected chi connectivity index (χ1v) is 12.1. The molecule has 0 radical (unpaired) electrons. The molecule has 1 atom stereocenters. The van der Waals surface area contributed by atoms with Gasteiger partial charge in [0, 0.05) is 31.7 Å². The van der Waals surface area contributed by atoms with Crippen LogP contribution in [0.2, 0.25) is 0 Å². The van der Waals surface area contributed by atoms with E-state index in [9.17, 15) is 18.0 Å². The largest absolute Gasteiger partial charge is 0.478 e. The average Bonchev–Trinajstić information content (AvgIpc) is 2.77. The van der Waals surface area contributed by atoms with Gasteiger partial charge in [-0.15, -0.1) is 0 Å². The van der Waals surface area contributed by atoms with Gasteiger partial charge in [0.05, 0.1) is 10.6 Å². The molecule has 2 aromatic carbocycles. The summed E-state index contributed by atoms with van der Waals surface area (Å²) < 4.78 is 33.4. The summed E-state index contributed by atoms with van der Waals surface area (Å²) in [6.07, 6.45) is -0.0519. The molecule has 0 spiro atoms. The maximum absolute atomic E-state index is 13.2. The van der Waals surface area contributed by atoms with Gasteiger partial charge in [-0.2, -0.15) is 4.31 Å². The summed E-state index contributed by atoms with van der Waals surface area (Å²) in [5.41, 5.74) is 3.01. The molecule has 0 unspecified atom stereocenters. The minimum atomic E-state index is -3.77. The van der Waals surface area contributed by atoms with Crippen molar-refractivity contribution in [2.24, 2.45) is 0 Å². The van der Waals surface area contributed by atoms with Crippen molar-refractivity contribution >= 4 is 27.5 Å². The number of ether oxygens (including phenoxy) is 1. The van der Waals surface area contributed by atoms with Gasteiger partial charge in [0.2, 0.25) is 10.0 Å². The van der Waals surface area contributed by atoms with E-state index in [1.54, 1.807) is 11.0 Å². The predicted octanol–water partition coefficient (Wildman–Crippen LogP) is 2.56. The zero-order valence-electron chi connectivity index (χ0n) is 18.4. The molecular weight excluding hydrogens is 430 g/mol. The lowest BCUT2D eigenvalue weighted by Gasteiger charge is -2.34. The lowest BCUT2D eigenvalue weighted by molar-refractivity contribution is -0.123. The molecule has 1 N–H and O–H groups in total. The van der Waals surface area contributed by atoms with Crippen molar-refractivity contribution in [1.29, 1.82) is 0 Å². The smallest absolute Gasteiger partial charge is 0.265 e. The third-order valence-corrected chi connectivity index (χ3v) is 7.67. The Morgan fingerprint density at radius 3 is 2.34 bits per heavy atom. The number of nitrogens with one attached hydrogen (secondary N) is 1.